The van der Waals surface area contributed by atoms with Crippen molar-refractivity contribution < 1.29 is 13.9 Å². The molecule has 0 bridgehead atoms. The Hall–Kier alpha value is -2.85. The molecule has 0 aromatic heterocycles. The van der Waals surface area contributed by atoms with Crippen molar-refractivity contribution in [3.05, 3.63) is 95.8 Å². The lowest BCUT2D eigenvalue weighted by molar-refractivity contribution is 0.186. The molecule has 3 atom stereocenters. The zero-order chi connectivity index (χ0) is 21.8. The molecule has 166 valence electrons. The maximum absolute atomic E-state index is 13.1. The van der Waals surface area contributed by atoms with Crippen LogP contribution in [0.4, 0.5) is 4.39 Å². The van der Waals surface area contributed by atoms with Gasteiger partial charge in [0.25, 0.3) is 0 Å². The third kappa shape index (κ3) is 5.31. The Bertz CT molecular complexity index is 976. The van der Waals surface area contributed by atoms with Crippen LogP contribution < -0.4 is 9.47 Å². The Morgan fingerprint density at radius 3 is 2.09 bits per heavy atom. The average molecular weight is 432 g/mol. The quantitative estimate of drug-likeness (QED) is 0.454. The molecule has 1 saturated heterocycles. The van der Waals surface area contributed by atoms with E-state index < -0.39 is 0 Å². The molecular formula is C28H30FNO2. The second-order valence-corrected chi connectivity index (χ2v) is 9.11. The molecule has 1 unspecified atom stereocenters. The summed E-state index contributed by atoms with van der Waals surface area (Å²) in [5.41, 5.74) is 2.54. The number of likely N-dealkylation sites (tertiary alicyclic amines) is 1. The van der Waals surface area contributed by atoms with Gasteiger partial charge in [-0.05, 0) is 78.6 Å². The summed E-state index contributed by atoms with van der Waals surface area (Å²) in [7, 11) is 0. The first-order valence-electron chi connectivity index (χ1n) is 11.6. The minimum absolute atomic E-state index is 0.217. The number of rotatable bonds is 8. The summed E-state index contributed by atoms with van der Waals surface area (Å²) in [6, 6.07) is 25.2. The van der Waals surface area contributed by atoms with E-state index in [1.54, 1.807) is 12.1 Å². The zero-order valence-corrected chi connectivity index (χ0v) is 18.3. The molecular weight excluding hydrogens is 401 g/mol. The van der Waals surface area contributed by atoms with Crippen LogP contribution >= 0.6 is 0 Å². The highest BCUT2D eigenvalue weighted by Crippen LogP contribution is 2.39. The molecule has 0 amide bonds. The van der Waals surface area contributed by atoms with E-state index in [0.29, 0.717) is 18.4 Å². The Balaban J connectivity index is 1.04. The molecule has 32 heavy (non-hydrogen) atoms. The van der Waals surface area contributed by atoms with E-state index >= 15 is 0 Å². The van der Waals surface area contributed by atoms with Gasteiger partial charge < -0.3 is 14.4 Å². The number of ether oxygens (including phenoxy) is 2. The summed E-state index contributed by atoms with van der Waals surface area (Å²) in [5, 5.41) is 0. The van der Waals surface area contributed by atoms with Crippen molar-refractivity contribution >= 4 is 0 Å². The van der Waals surface area contributed by atoms with Gasteiger partial charge in [0.2, 0.25) is 0 Å². The van der Waals surface area contributed by atoms with Gasteiger partial charge >= 0.3 is 0 Å². The standard InChI is InChI=1S/C28H30FNO2/c29-25-8-12-27(13-9-25)32-28-16-23-18-30(19-24(23)17-28)15-14-21-6-10-26(11-7-21)31-20-22-4-2-1-3-5-22/h1-13,23-24,28H,14-20H2/t23-,24+,28?. The maximum Gasteiger partial charge on any atom is 0.123 e. The van der Waals surface area contributed by atoms with E-state index in [0.717, 1.165) is 50.4 Å². The largest absolute Gasteiger partial charge is 0.490 e. The zero-order valence-electron chi connectivity index (χ0n) is 18.3. The highest BCUT2D eigenvalue weighted by atomic mass is 19.1. The number of hydrogen-bond acceptors (Lipinski definition) is 3. The molecule has 1 heterocycles. The van der Waals surface area contributed by atoms with Crippen LogP contribution in [0.25, 0.3) is 0 Å². The molecule has 2 aliphatic rings. The first kappa shape index (κ1) is 21.0. The van der Waals surface area contributed by atoms with Gasteiger partial charge in [0.15, 0.2) is 0 Å². The molecule has 3 nitrogen and oxygen atoms in total. The predicted molar refractivity (Wildman–Crippen MR) is 124 cm³/mol. The van der Waals surface area contributed by atoms with E-state index in [1.165, 1.54) is 23.3 Å². The molecule has 1 saturated carbocycles. The van der Waals surface area contributed by atoms with Crippen molar-refractivity contribution in [3.63, 3.8) is 0 Å². The molecule has 3 aromatic rings. The maximum atomic E-state index is 13.1. The summed E-state index contributed by atoms with van der Waals surface area (Å²) in [6.45, 7) is 4.02. The lowest BCUT2D eigenvalue weighted by Gasteiger charge is -2.20. The van der Waals surface area contributed by atoms with E-state index in [1.807, 2.05) is 18.2 Å². The van der Waals surface area contributed by atoms with Crippen LogP contribution in [0.3, 0.4) is 0 Å². The topological polar surface area (TPSA) is 21.7 Å². The molecule has 3 aromatic carbocycles. The van der Waals surface area contributed by atoms with Crippen LogP contribution in [0, 0.1) is 17.7 Å². The molecule has 4 heteroatoms. The third-order valence-corrected chi connectivity index (χ3v) is 6.79. The molecule has 2 fully saturated rings. The lowest BCUT2D eigenvalue weighted by Crippen LogP contribution is -2.26. The Labute approximate surface area is 189 Å². The molecule has 5 rings (SSSR count). The van der Waals surface area contributed by atoms with Gasteiger partial charge in [0.1, 0.15) is 23.9 Å². The van der Waals surface area contributed by atoms with Gasteiger partial charge in [0, 0.05) is 19.6 Å². The van der Waals surface area contributed by atoms with Crippen LogP contribution in [0.1, 0.15) is 24.0 Å². The average Bonchev–Trinajstić information content (AvgIpc) is 3.37. The van der Waals surface area contributed by atoms with Crippen LogP contribution in [0.5, 0.6) is 11.5 Å². The summed E-state index contributed by atoms with van der Waals surface area (Å²) in [6.07, 6.45) is 3.53. The minimum atomic E-state index is -0.217. The van der Waals surface area contributed by atoms with Crippen molar-refractivity contribution in [1.82, 2.24) is 4.90 Å². The fourth-order valence-electron chi connectivity index (χ4n) is 5.11. The second-order valence-electron chi connectivity index (χ2n) is 9.11. The van der Waals surface area contributed by atoms with Crippen LogP contribution in [-0.2, 0) is 13.0 Å². The van der Waals surface area contributed by atoms with Crippen LogP contribution in [0.15, 0.2) is 78.9 Å². The summed E-state index contributed by atoms with van der Waals surface area (Å²) in [5.74, 6) is 2.92. The second kappa shape index (κ2) is 9.74. The summed E-state index contributed by atoms with van der Waals surface area (Å²) < 4.78 is 25.1. The van der Waals surface area contributed by atoms with Gasteiger partial charge in [0.05, 0.1) is 6.10 Å². The fraction of sp³-hybridized carbons (Fsp3) is 0.357. The molecule has 0 N–H and O–H groups in total. The summed E-state index contributed by atoms with van der Waals surface area (Å²) >= 11 is 0. The van der Waals surface area contributed by atoms with E-state index in [-0.39, 0.29) is 11.9 Å². The van der Waals surface area contributed by atoms with Gasteiger partial charge in [-0.15, -0.1) is 0 Å². The highest BCUT2D eigenvalue weighted by Gasteiger charge is 2.41. The van der Waals surface area contributed by atoms with Crippen molar-refractivity contribution in [2.24, 2.45) is 11.8 Å². The monoisotopic (exact) mass is 431 g/mol. The third-order valence-electron chi connectivity index (χ3n) is 6.79. The number of hydrogen-bond donors (Lipinski definition) is 0. The lowest BCUT2D eigenvalue weighted by atomic mass is 10.0. The molecule has 1 aliphatic heterocycles. The van der Waals surface area contributed by atoms with Crippen molar-refractivity contribution in [2.45, 2.75) is 32.0 Å². The van der Waals surface area contributed by atoms with Crippen LogP contribution in [0.2, 0.25) is 0 Å². The SMILES string of the molecule is Fc1ccc(OC2C[C@@H]3CN(CCc4ccc(OCc5ccccc5)cc4)C[C@@H]3C2)cc1. The van der Waals surface area contributed by atoms with E-state index in [4.69, 9.17) is 9.47 Å². The Morgan fingerprint density at radius 1 is 0.750 bits per heavy atom. The fourth-order valence-corrected chi connectivity index (χ4v) is 5.11. The van der Waals surface area contributed by atoms with Crippen LogP contribution in [-0.4, -0.2) is 30.6 Å². The number of fused-ring (bicyclic) bond motifs is 1. The molecule has 0 spiro atoms. The van der Waals surface area contributed by atoms with Crippen molar-refractivity contribution in [2.75, 3.05) is 19.6 Å². The minimum Gasteiger partial charge on any atom is -0.490 e. The van der Waals surface area contributed by atoms with Crippen molar-refractivity contribution in [3.8, 4) is 11.5 Å². The summed E-state index contributed by atoms with van der Waals surface area (Å²) in [4.78, 5) is 2.60. The Morgan fingerprint density at radius 2 is 1.41 bits per heavy atom. The smallest absolute Gasteiger partial charge is 0.123 e. The van der Waals surface area contributed by atoms with Gasteiger partial charge in [-0.25, -0.2) is 4.39 Å². The van der Waals surface area contributed by atoms with Gasteiger partial charge in [-0.1, -0.05) is 42.5 Å². The highest BCUT2D eigenvalue weighted by molar-refractivity contribution is 5.28. The number of benzene rings is 3. The van der Waals surface area contributed by atoms with Crippen molar-refractivity contribution in [1.29, 1.82) is 0 Å². The number of nitrogens with zero attached hydrogens (tertiary/aromatic N) is 1. The van der Waals surface area contributed by atoms with Gasteiger partial charge in [-0.3, -0.25) is 0 Å². The molecule has 0 radical (unpaired) electrons. The number of halogens is 1. The van der Waals surface area contributed by atoms with E-state index in [2.05, 4.69) is 41.3 Å². The Kier molecular flexibility index (Phi) is 6.40. The predicted octanol–water partition coefficient (Wildman–Crippen LogP) is 5.74. The van der Waals surface area contributed by atoms with E-state index in [9.17, 15) is 4.39 Å². The van der Waals surface area contributed by atoms with Gasteiger partial charge in [-0.2, -0.15) is 0 Å². The first-order chi connectivity index (χ1) is 15.7. The normalized spacial score (nSPS) is 22.6. The molecule has 1 aliphatic carbocycles. The first-order valence-corrected chi connectivity index (χ1v) is 11.6.